The lowest BCUT2D eigenvalue weighted by atomic mass is 10.1. The number of aromatic amines is 1. The number of rotatable bonds is 3. The molecule has 144 valence electrons. The summed E-state index contributed by atoms with van der Waals surface area (Å²) in [6, 6.07) is 12.7. The maximum absolute atomic E-state index is 13.5. The molecule has 0 bridgehead atoms. The van der Waals surface area contributed by atoms with Crippen molar-refractivity contribution < 1.29 is 18.3 Å². The van der Waals surface area contributed by atoms with Crippen molar-refractivity contribution in [2.75, 3.05) is 29.5 Å². The molecule has 5 rings (SSSR count). The van der Waals surface area contributed by atoms with Crippen molar-refractivity contribution in [3.05, 3.63) is 54.4 Å². The number of anilines is 2. The second-order valence-corrected chi connectivity index (χ2v) is 7.19. The van der Waals surface area contributed by atoms with E-state index in [-0.39, 0.29) is 25.6 Å². The average molecular weight is 384 g/mol. The van der Waals surface area contributed by atoms with E-state index in [1.807, 2.05) is 42.5 Å². The van der Waals surface area contributed by atoms with Gasteiger partial charge in [-0.25, -0.2) is 18.6 Å². The van der Waals surface area contributed by atoms with Gasteiger partial charge in [-0.15, -0.1) is 0 Å². The van der Waals surface area contributed by atoms with Crippen molar-refractivity contribution in [3.8, 4) is 0 Å². The number of fused-ring (bicyclic) bond motifs is 1. The van der Waals surface area contributed by atoms with Gasteiger partial charge in [0.25, 0.3) is 5.92 Å². The monoisotopic (exact) mass is 384 g/mol. The zero-order valence-electron chi connectivity index (χ0n) is 14.9. The fraction of sp³-hybridized carbons (Fsp3) is 0.300. The molecule has 1 amide bonds. The Morgan fingerprint density at radius 1 is 1.14 bits per heavy atom. The molecule has 0 saturated carbocycles. The number of benzene rings is 2. The van der Waals surface area contributed by atoms with Crippen LogP contribution in [0.15, 0.2) is 48.8 Å². The molecule has 2 fully saturated rings. The van der Waals surface area contributed by atoms with Crippen LogP contribution in [0.5, 0.6) is 0 Å². The molecule has 0 aliphatic carbocycles. The molecule has 8 heteroatoms. The first-order valence-corrected chi connectivity index (χ1v) is 9.12. The molecule has 28 heavy (non-hydrogen) atoms. The normalized spacial score (nSPS) is 21.5. The van der Waals surface area contributed by atoms with Crippen molar-refractivity contribution in [1.82, 2.24) is 9.97 Å². The smallest absolute Gasteiger partial charge is 0.415 e. The number of hydrogen-bond acceptors (Lipinski definition) is 4. The second-order valence-electron chi connectivity index (χ2n) is 7.19. The lowest BCUT2D eigenvalue weighted by molar-refractivity contribution is 0.0257. The third-order valence-corrected chi connectivity index (χ3v) is 5.37. The molecule has 1 N–H and O–H groups in total. The molecule has 1 atom stereocenters. The van der Waals surface area contributed by atoms with Crippen LogP contribution in [0.25, 0.3) is 11.0 Å². The quantitative estimate of drug-likeness (QED) is 0.738. The number of ether oxygens (including phenoxy) is 1. The Morgan fingerprint density at radius 2 is 1.93 bits per heavy atom. The Labute approximate surface area is 159 Å². The average Bonchev–Trinajstić information content (AvgIpc) is 3.39. The summed E-state index contributed by atoms with van der Waals surface area (Å²) in [7, 11) is 0. The molecule has 3 heterocycles. The first kappa shape index (κ1) is 17.0. The zero-order chi connectivity index (χ0) is 19.3. The summed E-state index contributed by atoms with van der Waals surface area (Å²) in [6.45, 7) is 0.322. The summed E-state index contributed by atoms with van der Waals surface area (Å²) >= 11 is 0. The number of amides is 1. The number of nitrogens with zero attached hydrogens (tertiary/aromatic N) is 3. The van der Waals surface area contributed by atoms with E-state index in [1.54, 1.807) is 16.1 Å². The van der Waals surface area contributed by atoms with Gasteiger partial charge in [0.1, 0.15) is 6.61 Å². The number of carbonyl (C=O) groups is 1. The van der Waals surface area contributed by atoms with Gasteiger partial charge in [-0.1, -0.05) is 12.1 Å². The lowest BCUT2D eigenvalue weighted by Crippen LogP contribution is -2.27. The van der Waals surface area contributed by atoms with E-state index < -0.39 is 12.0 Å². The Bertz CT molecular complexity index is 1030. The summed E-state index contributed by atoms with van der Waals surface area (Å²) in [5.41, 5.74) is 4.02. The molecule has 1 aromatic heterocycles. The number of nitrogens with one attached hydrogen (secondary N) is 1. The van der Waals surface area contributed by atoms with Crippen LogP contribution in [0.2, 0.25) is 0 Å². The highest BCUT2D eigenvalue weighted by atomic mass is 19.3. The fourth-order valence-electron chi connectivity index (χ4n) is 3.89. The molecule has 2 aliphatic rings. The van der Waals surface area contributed by atoms with Crippen LogP contribution in [-0.4, -0.2) is 41.7 Å². The third-order valence-electron chi connectivity index (χ3n) is 5.37. The Morgan fingerprint density at radius 3 is 2.68 bits per heavy atom. The van der Waals surface area contributed by atoms with Gasteiger partial charge < -0.3 is 14.6 Å². The number of aromatic nitrogens is 2. The molecule has 0 radical (unpaired) electrons. The number of halogens is 2. The van der Waals surface area contributed by atoms with Gasteiger partial charge in [0, 0.05) is 18.7 Å². The molecule has 2 saturated heterocycles. The van der Waals surface area contributed by atoms with Crippen LogP contribution in [0.1, 0.15) is 18.0 Å². The minimum atomic E-state index is -2.63. The highest BCUT2D eigenvalue weighted by Gasteiger charge is 2.39. The second kappa shape index (κ2) is 6.19. The number of imidazole rings is 1. The van der Waals surface area contributed by atoms with Crippen LogP contribution < -0.4 is 9.80 Å². The van der Waals surface area contributed by atoms with E-state index >= 15 is 0 Å². The number of H-pyrrole nitrogens is 1. The molecule has 3 aromatic rings. The van der Waals surface area contributed by atoms with Crippen LogP contribution in [0, 0.1) is 0 Å². The van der Waals surface area contributed by atoms with Gasteiger partial charge in [-0.2, -0.15) is 0 Å². The highest BCUT2D eigenvalue weighted by molar-refractivity contribution is 5.93. The Kier molecular flexibility index (Phi) is 3.75. The SMILES string of the molecule is O=C1OCC(c2ccc(N3CCC(F)(F)C3)cc2)N1c1ccc2nc[nH]c2c1. The van der Waals surface area contributed by atoms with E-state index in [4.69, 9.17) is 4.74 Å². The molecular formula is C20H18F2N4O2. The molecule has 2 aromatic carbocycles. The summed E-state index contributed by atoms with van der Waals surface area (Å²) in [5, 5.41) is 0. The van der Waals surface area contributed by atoms with Crippen LogP contribution >= 0.6 is 0 Å². The maximum atomic E-state index is 13.5. The molecular weight excluding hydrogens is 366 g/mol. The number of alkyl halides is 2. The van der Waals surface area contributed by atoms with Crippen LogP contribution in [0.3, 0.4) is 0 Å². The van der Waals surface area contributed by atoms with Crippen molar-refractivity contribution >= 4 is 28.5 Å². The zero-order valence-corrected chi connectivity index (χ0v) is 14.9. The molecule has 6 nitrogen and oxygen atoms in total. The van der Waals surface area contributed by atoms with Gasteiger partial charge >= 0.3 is 6.09 Å². The van der Waals surface area contributed by atoms with Gasteiger partial charge in [-0.3, -0.25) is 4.90 Å². The maximum Gasteiger partial charge on any atom is 0.415 e. The van der Waals surface area contributed by atoms with Crippen molar-refractivity contribution in [2.45, 2.75) is 18.4 Å². The number of carbonyl (C=O) groups excluding carboxylic acids is 1. The molecule has 2 aliphatic heterocycles. The third kappa shape index (κ3) is 2.85. The van der Waals surface area contributed by atoms with Crippen molar-refractivity contribution in [2.24, 2.45) is 0 Å². The number of hydrogen-bond donors (Lipinski definition) is 1. The van der Waals surface area contributed by atoms with E-state index in [0.717, 1.165) is 22.3 Å². The molecule has 0 spiro atoms. The van der Waals surface area contributed by atoms with Crippen molar-refractivity contribution in [1.29, 1.82) is 0 Å². The largest absolute Gasteiger partial charge is 0.447 e. The van der Waals surface area contributed by atoms with E-state index in [9.17, 15) is 13.6 Å². The number of cyclic esters (lactones) is 1. The summed E-state index contributed by atoms with van der Waals surface area (Å²) in [6.07, 6.45) is 1.07. The van der Waals surface area contributed by atoms with Gasteiger partial charge in [-0.05, 0) is 35.9 Å². The van der Waals surface area contributed by atoms with E-state index in [2.05, 4.69) is 9.97 Å². The fourth-order valence-corrected chi connectivity index (χ4v) is 3.89. The summed E-state index contributed by atoms with van der Waals surface area (Å²) in [4.78, 5) is 22.9. The van der Waals surface area contributed by atoms with Gasteiger partial charge in [0.05, 0.1) is 35.6 Å². The highest BCUT2D eigenvalue weighted by Crippen LogP contribution is 2.36. The van der Waals surface area contributed by atoms with Crippen molar-refractivity contribution in [3.63, 3.8) is 0 Å². The predicted molar refractivity (Wildman–Crippen MR) is 101 cm³/mol. The lowest BCUT2D eigenvalue weighted by Gasteiger charge is -2.23. The first-order chi connectivity index (χ1) is 13.5. The topological polar surface area (TPSA) is 61.5 Å². The van der Waals surface area contributed by atoms with Gasteiger partial charge in [0.2, 0.25) is 0 Å². The van der Waals surface area contributed by atoms with E-state index in [0.29, 0.717) is 12.2 Å². The Hall–Kier alpha value is -3.16. The predicted octanol–water partition coefficient (Wildman–Crippen LogP) is 4.11. The minimum absolute atomic E-state index is 0.121. The summed E-state index contributed by atoms with van der Waals surface area (Å²) in [5.74, 6) is -2.63. The van der Waals surface area contributed by atoms with E-state index in [1.165, 1.54) is 0 Å². The first-order valence-electron chi connectivity index (χ1n) is 9.12. The Balaban J connectivity index is 1.42. The standard InChI is InChI=1S/C20H18F2N4O2/c21-20(22)7-8-25(11-20)14-3-1-13(2-4-14)18-10-28-19(27)26(18)15-5-6-16-17(9-15)24-12-23-16/h1-6,9,12,18H,7-8,10-11H2,(H,23,24). The summed E-state index contributed by atoms with van der Waals surface area (Å²) < 4.78 is 32.2. The molecule has 1 unspecified atom stereocenters. The van der Waals surface area contributed by atoms with Crippen LogP contribution in [-0.2, 0) is 4.74 Å². The van der Waals surface area contributed by atoms with Gasteiger partial charge in [0.15, 0.2) is 0 Å². The van der Waals surface area contributed by atoms with Crippen LogP contribution in [0.4, 0.5) is 25.0 Å². The minimum Gasteiger partial charge on any atom is -0.447 e.